The Kier molecular flexibility index (Phi) is 2.30. The number of hydrogen-bond acceptors (Lipinski definition) is 3. The number of piperidine rings is 1. The smallest absolute Gasteiger partial charge is 0.0675 e. The Morgan fingerprint density at radius 2 is 2.00 bits per heavy atom. The van der Waals surface area contributed by atoms with Gasteiger partial charge < -0.3 is 10.2 Å². The highest BCUT2D eigenvalue weighted by molar-refractivity contribution is 8.00. The van der Waals surface area contributed by atoms with E-state index in [-0.39, 0.29) is 0 Å². The summed E-state index contributed by atoms with van der Waals surface area (Å²) in [6.45, 7) is 1.25. The Labute approximate surface area is 90.8 Å². The molecule has 0 aromatic carbocycles. The number of nitrogens with one attached hydrogen (secondary N) is 1. The average molecular weight is 212 g/mol. The second kappa shape index (κ2) is 3.39. The molecule has 3 aliphatic rings. The molecule has 3 heterocycles. The van der Waals surface area contributed by atoms with Gasteiger partial charge in [0.1, 0.15) is 0 Å². The quantitative estimate of drug-likeness (QED) is 0.657. The van der Waals surface area contributed by atoms with Crippen molar-refractivity contribution in [1.82, 2.24) is 10.2 Å². The van der Waals surface area contributed by atoms with Crippen LogP contribution in [0.2, 0.25) is 0 Å². The van der Waals surface area contributed by atoms with Crippen molar-refractivity contribution in [2.45, 2.75) is 49.1 Å². The van der Waals surface area contributed by atoms with E-state index in [9.17, 15) is 0 Å². The van der Waals surface area contributed by atoms with Crippen molar-refractivity contribution in [3.05, 3.63) is 0 Å². The molecule has 2 nitrogen and oxygen atoms in total. The Hall–Kier alpha value is 0.270. The summed E-state index contributed by atoms with van der Waals surface area (Å²) in [5.74, 6) is 1.37. The Bertz CT molecular complexity index is 209. The van der Waals surface area contributed by atoms with E-state index < -0.39 is 0 Å². The maximum absolute atomic E-state index is 3.79. The predicted molar refractivity (Wildman–Crippen MR) is 61.6 cm³/mol. The minimum Gasteiger partial charge on any atom is -0.303 e. The monoisotopic (exact) mass is 212 g/mol. The standard InChI is InChI=1S/C11H20N2S/c1-13-9-3-4-10(13)8-11(7-9)12-5-2-6-14-11/h9-10,12H,2-8H2,1H3. The maximum Gasteiger partial charge on any atom is 0.0675 e. The molecule has 0 aromatic heterocycles. The Morgan fingerprint density at radius 1 is 1.29 bits per heavy atom. The van der Waals surface area contributed by atoms with E-state index in [0.29, 0.717) is 4.87 Å². The zero-order valence-electron chi connectivity index (χ0n) is 8.96. The van der Waals surface area contributed by atoms with Crippen LogP contribution in [0, 0.1) is 0 Å². The molecule has 3 rings (SSSR count). The van der Waals surface area contributed by atoms with Crippen LogP contribution in [0.3, 0.4) is 0 Å². The molecule has 2 atom stereocenters. The van der Waals surface area contributed by atoms with Gasteiger partial charge in [0.15, 0.2) is 0 Å². The molecular weight excluding hydrogens is 192 g/mol. The highest BCUT2D eigenvalue weighted by atomic mass is 32.2. The van der Waals surface area contributed by atoms with E-state index in [1.807, 2.05) is 0 Å². The molecule has 0 amide bonds. The molecule has 1 N–H and O–H groups in total. The summed E-state index contributed by atoms with van der Waals surface area (Å²) >= 11 is 2.20. The molecule has 3 saturated heterocycles. The van der Waals surface area contributed by atoms with Gasteiger partial charge in [-0.05, 0) is 51.4 Å². The van der Waals surface area contributed by atoms with Gasteiger partial charge in [-0.1, -0.05) is 0 Å². The molecule has 0 aliphatic carbocycles. The SMILES string of the molecule is CN1C2CCC1CC1(C2)NCCCS1. The van der Waals surface area contributed by atoms with Crippen molar-refractivity contribution in [3.8, 4) is 0 Å². The first-order chi connectivity index (χ1) is 6.79. The van der Waals surface area contributed by atoms with Gasteiger partial charge in [0.25, 0.3) is 0 Å². The van der Waals surface area contributed by atoms with Crippen molar-refractivity contribution < 1.29 is 0 Å². The normalized spacial score (nSPS) is 48.6. The van der Waals surface area contributed by atoms with Crippen molar-refractivity contribution in [2.75, 3.05) is 19.3 Å². The molecular formula is C11H20N2S. The Balaban J connectivity index is 1.77. The van der Waals surface area contributed by atoms with Gasteiger partial charge in [0.05, 0.1) is 4.87 Å². The van der Waals surface area contributed by atoms with Crippen LogP contribution >= 0.6 is 11.8 Å². The summed E-state index contributed by atoms with van der Waals surface area (Å²) in [5.41, 5.74) is 0. The number of fused-ring (bicyclic) bond motifs is 2. The molecule has 2 unspecified atom stereocenters. The van der Waals surface area contributed by atoms with Gasteiger partial charge in [0.2, 0.25) is 0 Å². The lowest BCUT2D eigenvalue weighted by Gasteiger charge is -2.47. The summed E-state index contributed by atoms with van der Waals surface area (Å²) in [4.78, 5) is 3.10. The van der Waals surface area contributed by atoms with E-state index in [1.54, 1.807) is 0 Å². The van der Waals surface area contributed by atoms with Crippen LogP contribution in [-0.2, 0) is 0 Å². The predicted octanol–water partition coefficient (Wildman–Crippen LogP) is 1.67. The van der Waals surface area contributed by atoms with E-state index in [1.165, 1.54) is 44.4 Å². The van der Waals surface area contributed by atoms with Crippen molar-refractivity contribution in [2.24, 2.45) is 0 Å². The van der Waals surface area contributed by atoms with Crippen LogP contribution in [0.4, 0.5) is 0 Å². The van der Waals surface area contributed by atoms with Gasteiger partial charge in [-0.2, -0.15) is 0 Å². The van der Waals surface area contributed by atoms with Crippen molar-refractivity contribution >= 4 is 11.8 Å². The molecule has 14 heavy (non-hydrogen) atoms. The molecule has 0 radical (unpaired) electrons. The van der Waals surface area contributed by atoms with Crippen molar-refractivity contribution in [3.63, 3.8) is 0 Å². The third-order valence-corrected chi connectivity index (χ3v) is 5.79. The topological polar surface area (TPSA) is 15.3 Å². The maximum atomic E-state index is 3.79. The van der Waals surface area contributed by atoms with Crippen LogP contribution in [0.1, 0.15) is 32.1 Å². The molecule has 0 saturated carbocycles. The Morgan fingerprint density at radius 3 is 2.57 bits per heavy atom. The molecule has 0 aromatic rings. The van der Waals surface area contributed by atoms with Gasteiger partial charge in [-0.15, -0.1) is 11.8 Å². The highest BCUT2D eigenvalue weighted by Crippen LogP contribution is 2.46. The summed E-state index contributed by atoms with van der Waals surface area (Å²) in [6.07, 6.45) is 6.99. The van der Waals surface area contributed by atoms with Gasteiger partial charge in [-0.25, -0.2) is 0 Å². The molecule has 3 heteroatoms. The van der Waals surface area contributed by atoms with Gasteiger partial charge in [0, 0.05) is 12.1 Å². The second-order valence-corrected chi connectivity index (χ2v) is 6.56. The summed E-state index contributed by atoms with van der Waals surface area (Å²) in [7, 11) is 2.32. The van der Waals surface area contributed by atoms with E-state index in [2.05, 4.69) is 29.0 Å². The third kappa shape index (κ3) is 1.41. The largest absolute Gasteiger partial charge is 0.303 e. The number of thioether (sulfide) groups is 1. The summed E-state index contributed by atoms with van der Waals surface area (Å²) in [6, 6.07) is 1.73. The molecule has 3 fully saturated rings. The van der Waals surface area contributed by atoms with Crippen LogP contribution in [0.15, 0.2) is 0 Å². The third-order valence-electron chi connectivity index (χ3n) is 4.26. The fourth-order valence-corrected chi connectivity index (χ4v) is 4.90. The summed E-state index contributed by atoms with van der Waals surface area (Å²) < 4.78 is 0. The number of rotatable bonds is 0. The van der Waals surface area contributed by atoms with Gasteiger partial charge in [-0.3, -0.25) is 0 Å². The first-order valence-electron chi connectivity index (χ1n) is 5.90. The number of nitrogens with zero attached hydrogens (tertiary/aromatic N) is 1. The lowest BCUT2D eigenvalue weighted by Crippen LogP contribution is -2.56. The lowest BCUT2D eigenvalue weighted by atomic mass is 9.97. The van der Waals surface area contributed by atoms with Crippen LogP contribution < -0.4 is 5.32 Å². The number of hydrogen-bond donors (Lipinski definition) is 1. The zero-order valence-corrected chi connectivity index (χ0v) is 9.78. The summed E-state index contributed by atoms with van der Waals surface area (Å²) in [5, 5.41) is 3.79. The van der Waals surface area contributed by atoms with Crippen LogP contribution in [0.5, 0.6) is 0 Å². The minimum atomic E-state index is 0.469. The first-order valence-corrected chi connectivity index (χ1v) is 6.89. The minimum absolute atomic E-state index is 0.469. The lowest BCUT2D eigenvalue weighted by molar-refractivity contribution is 0.133. The molecule has 80 valence electrons. The van der Waals surface area contributed by atoms with E-state index in [0.717, 1.165) is 12.1 Å². The highest BCUT2D eigenvalue weighted by Gasteiger charge is 2.47. The fourth-order valence-electron chi connectivity index (χ4n) is 3.40. The first kappa shape index (κ1) is 9.49. The van der Waals surface area contributed by atoms with Crippen LogP contribution in [0.25, 0.3) is 0 Å². The van der Waals surface area contributed by atoms with Crippen molar-refractivity contribution in [1.29, 1.82) is 0 Å². The van der Waals surface area contributed by atoms with E-state index in [4.69, 9.17) is 0 Å². The fraction of sp³-hybridized carbons (Fsp3) is 1.00. The molecule has 2 bridgehead atoms. The molecule has 3 aliphatic heterocycles. The zero-order chi connectivity index (χ0) is 9.60. The van der Waals surface area contributed by atoms with Crippen LogP contribution in [-0.4, -0.2) is 41.2 Å². The van der Waals surface area contributed by atoms with E-state index >= 15 is 0 Å². The second-order valence-electron chi connectivity index (χ2n) is 5.08. The molecule has 1 spiro atoms. The van der Waals surface area contributed by atoms with Gasteiger partial charge >= 0.3 is 0 Å². The average Bonchev–Trinajstić information content (AvgIpc) is 2.45.